The van der Waals surface area contributed by atoms with Gasteiger partial charge in [-0.25, -0.2) is 0 Å². The fourth-order valence-corrected chi connectivity index (χ4v) is 2.95. The molecule has 1 aliphatic rings. The Labute approximate surface area is 112 Å². The molecule has 1 aliphatic heterocycles. The number of fused-ring (bicyclic) bond motifs is 1. The molecule has 3 heteroatoms. The Hall–Kier alpha value is -0.540. The van der Waals surface area contributed by atoms with E-state index in [1.807, 2.05) is 12.1 Å². The lowest BCUT2D eigenvalue weighted by molar-refractivity contribution is 0.0943. The summed E-state index contributed by atoms with van der Waals surface area (Å²) in [4.78, 5) is 0. The molecule has 1 unspecified atom stereocenters. The van der Waals surface area contributed by atoms with Crippen molar-refractivity contribution < 1.29 is 4.74 Å². The zero-order chi connectivity index (χ0) is 12.4. The molecule has 0 aromatic heterocycles. The van der Waals surface area contributed by atoms with Gasteiger partial charge in [0.1, 0.15) is 11.9 Å². The fraction of sp³-hybridized carbons (Fsp3) is 0.571. The van der Waals surface area contributed by atoms with Gasteiger partial charge in [-0.1, -0.05) is 35.8 Å². The van der Waals surface area contributed by atoms with Crippen LogP contribution in [-0.4, -0.2) is 6.10 Å². The van der Waals surface area contributed by atoms with E-state index >= 15 is 0 Å². The number of hydrogen-bond donors (Lipinski definition) is 1. The van der Waals surface area contributed by atoms with Gasteiger partial charge in [-0.05, 0) is 30.9 Å². The van der Waals surface area contributed by atoms with E-state index in [0.717, 1.165) is 35.0 Å². The first-order valence-electron chi connectivity index (χ1n) is 6.37. The predicted molar refractivity (Wildman–Crippen MR) is 74.2 cm³/mol. The van der Waals surface area contributed by atoms with Crippen molar-refractivity contribution in [1.82, 2.24) is 0 Å². The molecule has 2 nitrogen and oxygen atoms in total. The van der Waals surface area contributed by atoms with Crippen molar-refractivity contribution >= 4 is 15.9 Å². The maximum Gasteiger partial charge on any atom is 0.125 e. The van der Waals surface area contributed by atoms with Crippen LogP contribution in [0.4, 0.5) is 0 Å². The van der Waals surface area contributed by atoms with E-state index in [1.54, 1.807) is 0 Å². The standard InChI is InChI=1S/C14H20BrNO/c1-3-9(4-2)13-8-12(16)11-6-5-10(15)7-14(11)17-13/h5-7,9,12-13H,3-4,8,16H2,1-2H3/t12-,13?/m1/s1. The highest BCUT2D eigenvalue weighted by molar-refractivity contribution is 9.10. The Balaban J connectivity index is 2.25. The maximum absolute atomic E-state index is 6.24. The second-order valence-corrected chi connectivity index (χ2v) is 5.67. The first-order valence-corrected chi connectivity index (χ1v) is 7.16. The highest BCUT2D eigenvalue weighted by Gasteiger charge is 2.30. The van der Waals surface area contributed by atoms with E-state index in [-0.39, 0.29) is 12.1 Å². The van der Waals surface area contributed by atoms with E-state index in [2.05, 4.69) is 35.8 Å². The minimum Gasteiger partial charge on any atom is -0.490 e. The summed E-state index contributed by atoms with van der Waals surface area (Å²) < 4.78 is 7.17. The van der Waals surface area contributed by atoms with E-state index in [4.69, 9.17) is 10.5 Å². The molecule has 94 valence electrons. The summed E-state index contributed by atoms with van der Waals surface area (Å²) in [6.45, 7) is 4.44. The molecular weight excluding hydrogens is 278 g/mol. The normalized spacial score (nSPS) is 23.4. The van der Waals surface area contributed by atoms with Crippen LogP contribution >= 0.6 is 15.9 Å². The molecule has 1 aromatic rings. The van der Waals surface area contributed by atoms with Crippen molar-refractivity contribution in [1.29, 1.82) is 0 Å². The van der Waals surface area contributed by atoms with Gasteiger partial charge in [-0.15, -0.1) is 0 Å². The van der Waals surface area contributed by atoms with Crippen molar-refractivity contribution in [2.45, 2.75) is 45.3 Å². The first kappa shape index (κ1) is 12.9. The Kier molecular flexibility index (Phi) is 4.10. The Morgan fingerprint density at radius 1 is 1.41 bits per heavy atom. The van der Waals surface area contributed by atoms with E-state index in [0.29, 0.717) is 5.92 Å². The lowest BCUT2D eigenvalue weighted by atomic mass is 9.87. The van der Waals surface area contributed by atoms with Gasteiger partial charge in [0.05, 0.1) is 0 Å². The molecule has 1 heterocycles. The minimum atomic E-state index is 0.109. The van der Waals surface area contributed by atoms with Crippen LogP contribution in [0.15, 0.2) is 22.7 Å². The average molecular weight is 298 g/mol. The van der Waals surface area contributed by atoms with Crippen molar-refractivity contribution in [3.63, 3.8) is 0 Å². The van der Waals surface area contributed by atoms with Crippen LogP contribution in [0.1, 0.15) is 44.7 Å². The van der Waals surface area contributed by atoms with Crippen LogP contribution in [0.3, 0.4) is 0 Å². The molecule has 0 radical (unpaired) electrons. The lowest BCUT2D eigenvalue weighted by Gasteiger charge is -2.34. The van der Waals surface area contributed by atoms with Gasteiger partial charge in [-0.3, -0.25) is 0 Å². The van der Waals surface area contributed by atoms with Gasteiger partial charge in [-0.2, -0.15) is 0 Å². The minimum absolute atomic E-state index is 0.109. The molecule has 0 fully saturated rings. The second-order valence-electron chi connectivity index (χ2n) is 4.76. The molecule has 1 aromatic carbocycles. The van der Waals surface area contributed by atoms with E-state index in [1.165, 1.54) is 0 Å². The quantitative estimate of drug-likeness (QED) is 0.914. The molecule has 2 rings (SSSR count). The first-order chi connectivity index (χ1) is 8.15. The average Bonchev–Trinajstić information content (AvgIpc) is 2.30. The number of hydrogen-bond acceptors (Lipinski definition) is 2. The van der Waals surface area contributed by atoms with E-state index < -0.39 is 0 Å². The summed E-state index contributed by atoms with van der Waals surface area (Å²) in [6, 6.07) is 6.23. The molecule has 0 spiro atoms. The Bertz CT molecular complexity index is 390. The van der Waals surface area contributed by atoms with Gasteiger partial charge in [0.2, 0.25) is 0 Å². The largest absolute Gasteiger partial charge is 0.490 e. The van der Waals surface area contributed by atoms with Crippen molar-refractivity contribution in [2.24, 2.45) is 11.7 Å². The van der Waals surface area contributed by atoms with Crippen LogP contribution in [0.2, 0.25) is 0 Å². The van der Waals surface area contributed by atoms with Crippen LogP contribution in [0.5, 0.6) is 5.75 Å². The third kappa shape index (κ3) is 2.66. The van der Waals surface area contributed by atoms with Crippen LogP contribution in [0, 0.1) is 5.92 Å². The van der Waals surface area contributed by atoms with Gasteiger partial charge in [0.25, 0.3) is 0 Å². The SMILES string of the molecule is CCC(CC)C1C[C@@H](N)c2ccc(Br)cc2O1. The van der Waals surface area contributed by atoms with Crippen molar-refractivity contribution in [3.05, 3.63) is 28.2 Å². The molecule has 0 bridgehead atoms. The van der Waals surface area contributed by atoms with Crippen LogP contribution in [0.25, 0.3) is 0 Å². The summed E-state index contributed by atoms with van der Waals surface area (Å²) in [7, 11) is 0. The fourth-order valence-electron chi connectivity index (χ4n) is 2.61. The zero-order valence-corrected chi connectivity index (χ0v) is 12.0. The lowest BCUT2D eigenvalue weighted by Crippen LogP contribution is -2.34. The molecule has 2 atom stereocenters. The van der Waals surface area contributed by atoms with Crippen molar-refractivity contribution in [2.75, 3.05) is 0 Å². The van der Waals surface area contributed by atoms with Gasteiger partial charge in [0, 0.05) is 22.5 Å². The third-order valence-electron chi connectivity index (χ3n) is 3.71. The monoisotopic (exact) mass is 297 g/mol. The van der Waals surface area contributed by atoms with Crippen LogP contribution in [-0.2, 0) is 0 Å². The summed E-state index contributed by atoms with van der Waals surface area (Å²) in [5.41, 5.74) is 7.37. The molecule has 17 heavy (non-hydrogen) atoms. The van der Waals surface area contributed by atoms with Gasteiger partial charge in [0.15, 0.2) is 0 Å². The van der Waals surface area contributed by atoms with Crippen molar-refractivity contribution in [3.8, 4) is 5.75 Å². The molecule has 0 aliphatic carbocycles. The predicted octanol–water partition coefficient (Wildman–Crippen LogP) is 4.04. The number of rotatable bonds is 3. The summed E-state index contributed by atoms with van der Waals surface area (Å²) >= 11 is 3.48. The number of nitrogens with two attached hydrogens (primary N) is 1. The highest BCUT2D eigenvalue weighted by atomic mass is 79.9. The molecule has 2 N–H and O–H groups in total. The Morgan fingerprint density at radius 3 is 2.76 bits per heavy atom. The number of ether oxygens (including phenoxy) is 1. The second kappa shape index (κ2) is 5.40. The summed E-state index contributed by atoms with van der Waals surface area (Å²) in [5.74, 6) is 1.56. The molecular formula is C14H20BrNO. The third-order valence-corrected chi connectivity index (χ3v) is 4.21. The highest BCUT2D eigenvalue weighted by Crippen LogP contribution is 2.38. The molecule has 0 saturated carbocycles. The van der Waals surface area contributed by atoms with Gasteiger partial charge < -0.3 is 10.5 Å². The molecule has 0 amide bonds. The topological polar surface area (TPSA) is 35.2 Å². The van der Waals surface area contributed by atoms with Crippen LogP contribution < -0.4 is 10.5 Å². The number of halogens is 1. The molecule has 0 saturated heterocycles. The Morgan fingerprint density at radius 2 is 2.12 bits per heavy atom. The number of benzene rings is 1. The van der Waals surface area contributed by atoms with E-state index in [9.17, 15) is 0 Å². The maximum atomic E-state index is 6.24. The zero-order valence-electron chi connectivity index (χ0n) is 10.4. The summed E-state index contributed by atoms with van der Waals surface area (Å²) in [5, 5.41) is 0. The summed E-state index contributed by atoms with van der Waals surface area (Å²) in [6.07, 6.45) is 3.50. The van der Waals surface area contributed by atoms with Gasteiger partial charge >= 0.3 is 0 Å². The smallest absolute Gasteiger partial charge is 0.125 e.